The molecule has 1 atom stereocenters. The molecule has 2 N–H and O–H groups in total. The Hall–Kier alpha value is -1.67. The van der Waals surface area contributed by atoms with Gasteiger partial charge in [0.2, 0.25) is 0 Å². The van der Waals surface area contributed by atoms with Gasteiger partial charge < -0.3 is 5.73 Å². The maximum Gasteiger partial charge on any atom is 0.180 e. The smallest absolute Gasteiger partial charge is 0.180 e. The number of ketones is 1. The second-order valence-electron chi connectivity index (χ2n) is 5.13. The average molecular weight is 241 g/mol. The third-order valence-electron chi connectivity index (χ3n) is 3.12. The Kier molecular flexibility index (Phi) is 3.78. The van der Waals surface area contributed by atoms with E-state index in [0.29, 0.717) is 5.92 Å². The number of Topliss-reactive ketones (excluding diaryl/α,β-unsaturated/α-hetero) is 1. The first-order valence-electron chi connectivity index (χ1n) is 6.37. The molecule has 0 spiro atoms. The zero-order valence-corrected chi connectivity index (χ0v) is 10.9. The van der Waals surface area contributed by atoms with Gasteiger partial charge in [-0.05, 0) is 23.1 Å². The lowest BCUT2D eigenvalue weighted by Gasteiger charge is -2.14. The molecule has 0 heterocycles. The predicted molar refractivity (Wildman–Crippen MR) is 75.7 cm³/mol. The molecule has 2 aromatic carbocycles. The summed E-state index contributed by atoms with van der Waals surface area (Å²) in [5, 5.41) is 2.07. The highest BCUT2D eigenvalue weighted by Crippen LogP contribution is 2.20. The van der Waals surface area contributed by atoms with Gasteiger partial charge >= 0.3 is 0 Å². The van der Waals surface area contributed by atoms with Gasteiger partial charge in [0.25, 0.3) is 0 Å². The van der Waals surface area contributed by atoms with E-state index in [4.69, 9.17) is 5.73 Å². The minimum absolute atomic E-state index is 0.0421. The summed E-state index contributed by atoms with van der Waals surface area (Å²) < 4.78 is 0. The molecule has 0 aromatic heterocycles. The molecule has 2 nitrogen and oxygen atoms in total. The lowest BCUT2D eigenvalue weighted by atomic mass is 9.93. The van der Waals surface area contributed by atoms with Gasteiger partial charge in [-0.3, -0.25) is 4.79 Å². The molecule has 0 saturated carbocycles. The van der Waals surface area contributed by atoms with E-state index in [1.165, 1.54) is 0 Å². The van der Waals surface area contributed by atoms with Crippen LogP contribution in [0, 0.1) is 5.92 Å². The molecule has 0 fully saturated rings. The van der Waals surface area contributed by atoms with Crippen molar-refractivity contribution >= 4 is 16.6 Å². The zero-order chi connectivity index (χ0) is 13.1. The fourth-order valence-corrected chi connectivity index (χ4v) is 2.25. The van der Waals surface area contributed by atoms with Gasteiger partial charge in [-0.25, -0.2) is 0 Å². The van der Waals surface area contributed by atoms with Gasteiger partial charge in [0.15, 0.2) is 5.78 Å². The molecule has 0 bridgehead atoms. The molecule has 18 heavy (non-hydrogen) atoms. The molecule has 0 radical (unpaired) electrons. The van der Waals surface area contributed by atoms with Crippen LogP contribution in [-0.4, -0.2) is 11.8 Å². The van der Waals surface area contributed by atoms with Crippen molar-refractivity contribution in [2.24, 2.45) is 11.7 Å². The van der Waals surface area contributed by atoms with Crippen molar-refractivity contribution in [2.45, 2.75) is 26.3 Å². The van der Waals surface area contributed by atoms with E-state index in [0.717, 1.165) is 22.8 Å². The van der Waals surface area contributed by atoms with Crippen LogP contribution >= 0.6 is 0 Å². The highest BCUT2D eigenvalue weighted by Gasteiger charge is 2.18. The molecule has 0 unspecified atom stereocenters. The highest BCUT2D eigenvalue weighted by atomic mass is 16.1. The van der Waals surface area contributed by atoms with Crippen molar-refractivity contribution in [1.82, 2.24) is 0 Å². The molecule has 2 rings (SSSR count). The maximum atomic E-state index is 12.4. The SMILES string of the molecule is CC(C)C[C@@H](N)C(=O)c1cccc2ccccc12. The largest absolute Gasteiger partial charge is 0.321 e. The van der Waals surface area contributed by atoms with Crippen molar-refractivity contribution in [3.63, 3.8) is 0 Å². The molecule has 2 heteroatoms. The first-order valence-corrected chi connectivity index (χ1v) is 6.37. The van der Waals surface area contributed by atoms with Crippen molar-refractivity contribution < 1.29 is 4.79 Å². The van der Waals surface area contributed by atoms with Crippen molar-refractivity contribution in [2.75, 3.05) is 0 Å². The van der Waals surface area contributed by atoms with Gasteiger partial charge in [0, 0.05) is 5.56 Å². The van der Waals surface area contributed by atoms with Crippen molar-refractivity contribution in [1.29, 1.82) is 0 Å². The summed E-state index contributed by atoms with van der Waals surface area (Å²) in [4.78, 5) is 12.4. The van der Waals surface area contributed by atoms with Crippen molar-refractivity contribution in [3.8, 4) is 0 Å². The Morgan fingerprint density at radius 3 is 2.50 bits per heavy atom. The van der Waals surface area contributed by atoms with E-state index >= 15 is 0 Å². The molecule has 2 aromatic rings. The normalized spacial score (nSPS) is 12.9. The summed E-state index contributed by atoms with van der Waals surface area (Å²) in [6.45, 7) is 4.16. The molecule has 0 saturated heterocycles. The minimum Gasteiger partial charge on any atom is -0.321 e. The summed E-state index contributed by atoms with van der Waals surface area (Å²) in [7, 11) is 0. The third-order valence-corrected chi connectivity index (χ3v) is 3.12. The number of carbonyl (C=O) groups is 1. The van der Waals surface area contributed by atoms with Gasteiger partial charge in [0.05, 0.1) is 6.04 Å². The summed E-state index contributed by atoms with van der Waals surface area (Å²) in [5.41, 5.74) is 6.73. The van der Waals surface area contributed by atoms with Crippen LogP contribution in [0.15, 0.2) is 42.5 Å². The number of hydrogen-bond donors (Lipinski definition) is 1. The van der Waals surface area contributed by atoms with E-state index < -0.39 is 6.04 Å². The van der Waals surface area contributed by atoms with Crippen LogP contribution in [0.1, 0.15) is 30.6 Å². The molecule has 94 valence electrons. The van der Waals surface area contributed by atoms with Crippen LogP contribution in [-0.2, 0) is 0 Å². The Bertz CT molecular complexity index is 555. The van der Waals surface area contributed by atoms with Gasteiger partial charge in [0.1, 0.15) is 0 Å². The molecular weight excluding hydrogens is 222 g/mol. The van der Waals surface area contributed by atoms with Gasteiger partial charge in [-0.15, -0.1) is 0 Å². The Balaban J connectivity index is 2.39. The van der Waals surface area contributed by atoms with Crippen LogP contribution in [0.25, 0.3) is 10.8 Å². The first kappa shape index (κ1) is 12.8. The van der Waals surface area contributed by atoms with Crippen LogP contribution in [0.2, 0.25) is 0 Å². The molecule has 0 aliphatic heterocycles. The van der Waals surface area contributed by atoms with E-state index in [1.54, 1.807) is 0 Å². The standard InChI is InChI=1S/C16H19NO/c1-11(2)10-15(17)16(18)14-9-5-7-12-6-3-4-8-13(12)14/h3-9,11,15H,10,17H2,1-2H3/t15-/m1/s1. The minimum atomic E-state index is -0.407. The summed E-state index contributed by atoms with van der Waals surface area (Å²) in [5.74, 6) is 0.472. The van der Waals surface area contributed by atoms with Crippen molar-refractivity contribution in [3.05, 3.63) is 48.0 Å². The molecule has 0 amide bonds. The second-order valence-corrected chi connectivity index (χ2v) is 5.13. The number of nitrogens with two attached hydrogens (primary N) is 1. The second kappa shape index (κ2) is 5.32. The summed E-state index contributed by atoms with van der Waals surface area (Å²) >= 11 is 0. The Morgan fingerprint density at radius 1 is 1.11 bits per heavy atom. The predicted octanol–water partition coefficient (Wildman–Crippen LogP) is 3.40. The number of fused-ring (bicyclic) bond motifs is 1. The topological polar surface area (TPSA) is 43.1 Å². The van der Waals surface area contributed by atoms with E-state index in [1.807, 2.05) is 42.5 Å². The maximum absolute atomic E-state index is 12.4. The van der Waals surface area contributed by atoms with Gasteiger partial charge in [-0.2, -0.15) is 0 Å². The highest BCUT2D eigenvalue weighted by molar-refractivity contribution is 6.10. The molecule has 0 aliphatic carbocycles. The first-order chi connectivity index (χ1) is 8.59. The van der Waals surface area contributed by atoms with Crippen LogP contribution in [0.5, 0.6) is 0 Å². The van der Waals surface area contributed by atoms with Crippen LogP contribution in [0.3, 0.4) is 0 Å². The lowest BCUT2D eigenvalue weighted by Crippen LogP contribution is -2.32. The number of hydrogen-bond acceptors (Lipinski definition) is 2. The average Bonchev–Trinajstić information content (AvgIpc) is 2.36. The van der Waals surface area contributed by atoms with E-state index in [9.17, 15) is 4.79 Å². The van der Waals surface area contributed by atoms with Gasteiger partial charge in [-0.1, -0.05) is 56.3 Å². The summed E-state index contributed by atoms with van der Waals surface area (Å²) in [6.07, 6.45) is 0.724. The molecular formula is C16H19NO. The van der Waals surface area contributed by atoms with E-state index in [-0.39, 0.29) is 5.78 Å². The Morgan fingerprint density at radius 2 is 1.78 bits per heavy atom. The van der Waals surface area contributed by atoms with E-state index in [2.05, 4.69) is 13.8 Å². The number of benzene rings is 2. The zero-order valence-electron chi connectivity index (χ0n) is 10.9. The number of rotatable bonds is 4. The summed E-state index contributed by atoms with van der Waals surface area (Å²) in [6, 6.07) is 13.3. The quantitative estimate of drug-likeness (QED) is 0.834. The van der Waals surface area contributed by atoms with Crippen LogP contribution in [0.4, 0.5) is 0 Å². The third kappa shape index (κ3) is 2.59. The van der Waals surface area contributed by atoms with Crippen LogP contribution < -0.4 is 5.73 Å². The fraction of sp³-hybridized carbons (Fsp3) is 0.312. The molecule has 0 aliphatic rings. The fourth-order valence-electron chi connectivity index (χ4n) is 2.25. The Labute approximate surface area is 108 Å². The lowest BCUT2D eigenvalue weighted by molar-refractivity contribution is 0.0952. The number of carbonyl (C=O) groups excluding carboxylic acids is 1. The monoisotopic (exact) mass is 241 g/mol.